The van der Waals surface area contributed by atoms with Crippen LogP contribution in [0.25, 0.3) is 15.7 Å². The van der Waals surface area contributed by atoms with E-state index in [0.29, 0.717) is 0 Å². The van der Waals surface area contributed by atoms with Gasteiger partial charge in [0.05, 0.1) is 6.34 Å². The zero-order valence-corrected chi connectivity index (χ0v) is 15.1. The number of benzene rings is 1. The predicted octanol–water partition coefficient (Wildman–Crippen LogP) is 4.76. The molecular weight excluding hydrogens is 326 g/mol. The number of rotatable bonds is 3. The highest BCUT2D eigenvalue weighted by atomic mass is 32.2. The lowest BCUT2D eigenvalue weighted by molar-refractivity contribution is 0.715. The Morgan fingerprint density at radius 3 is 2.96 bits per heavy atom. The molecule has 0 saturated heterocycles. The van der Waals surface area contributed by atoms with E-state index in [0.717, 1.165) is 39.8 Å². The molecule has 1 aromatic carbocycles. The van der Waals surface area contributed by atoms with Crippen molar-refractivity contribution in [3.63, 3.8) is 0 Å². The second-order valence-electron chi connectivity index (χ2n) is 5.82. The summed E-state index contributed by atoms with van der Waals surface area (Å²) in [5.74, 6) is 6.53. The summed E-state index contributed by atoms with van der Waals surface area (Å²) in [5.41, 5.74) is 8.60. The van der Waals surface area contributed by atoms with Crippen molar-refractivity contribution in [1.29, 1.82) is 0 Å². The van der Waals surface area contributed by atoms with Crippen LogP contribution in [0.4, 0.5) is 0 Å². The Morgan fingerprint density at radius 1 is 1.28 bits per heavy atom. The molecule has 0 saturated carbocycles. The lowest BCUT2D eigenvalue weighted by Crippen LogP contribution is -1.93. The van der Waals surface area contributed by atoms with E-state index in [1.807, 2.05) is 24.7 Å². The zero-order valence-electron chi connectivity index (χ0n) is 14.3. The first-order chi connectivity index (χ1) is 12.3. The van der Waals surface area contributed by atoms with Gasteiger partial charge in [-0.3, -0.25) is 4.98 Å². The van der Waals surface area contributed by atoms with E-state index in [-0.39, 0.29) is 0 Å². The molecule has 0 spiro atoms. The standard InChI is InChI=1S/C21H21N3S/c1-25-21(18-8-9-19-14-23-12-11-17(19)13-18)20(24-15-22)10-7-16-5-3-2-4-6-16/h5,8-9,11-15H,2-4,6H2,1H3,(H2,22,24)/b21-20-. The van der Waals surface area contributed by atoms with Gasteiger partial charge in [-0.25, -0.2) is 4.99 Å². The van der Waals surface area contributed by atoms with Crippen LogP contribution in [-0.2, 0) is 0 Å². The summed E-state index contributed by atoms with van der Waals surface area (Å²) in [4.78, 5) is 9.53. The van der Waals surface area contributed by atoms with Gasteiger partial charge in [0.15, 0.2) is 0 Å². The number of allylic oxidation sites excluding steroid dienone is 3. The predicted molar refractivity (Wildman–Crippen MR) is 109 cm³/mol. The number of aliphatic imine (C=N–C) groups is 1. The maximum atomic E-state index is 5.57. The molecule has 126 valence electrons. The minimum atomic E-state index is 0.717. The molecule has 0 radical (unpaired) electrons. The number of nitrogens with zero attached hydrogens (tertiary/aromatic N) is 2. The second kappa shape index (κ2) is 8.55. The number of fused-ring (bicyclic) bond motifs is 1. The number of hydrogen-bond donors (Lipinski definition) is 1. The number of hydrogen-bond acceptors (Lipinski definition) is 3. The summed E-state index contributed by atoms with van der Waals surface area (Å²) in [7, 11) is 0. The molecule has 0 amide bonds. The molecule has 1 heterocycles. The van der Waals surface area contributed by atoms with E-state index in [1.54, 1.807) is 11.8 Å². The average Bonchev–Trinajstić information content (AvgIpc) is 2.67. The lowest BCUT2D eigenvalue weighted by atomic mass is 10.00. The van der Waals surface area contributed by atoms with Crippen LogP contribution in [0.5, 0.6) is 0 Å². The summed E-state index contributed by atoms with van der Waals surface area (Å²) in [6.07, 6.45) is 13.9. The van der Waals surface area contributed by atoms with E-state index < -0.39 is 0 Å². The first-order valence-corrected chi connectivity index (χ1v) is 9.62. The molecule has 0 bridgehead atoms. The van der Waals surface area contributed by atoms with E-state index in [2.05, 4.69) is 46.1 Å². The Kier molecular flexibility index (Phi) is 5.92. The van der Waals surface area contributed by atoms with Gasteiger partial charge in [0, 0.05) is 22.7 Å². The molecule has 0 aliphatic heterocycles. The normalized spacial score (nSPS) is 15.5. The summed E-state index contributed by atoms with van der Waals surface area (Å²) in [6, 6.07) is 8.33. The SMILES string of the molecule is CS/C(=C(/C#CC1=CCCCC1)N=CN)c1ccc2cnccc2c1. The molecule has 0 fully saturated rings. The van der Waals surface area contributed by atoms with Gasteiger partial charge in [0.1, 0.15) is 5.70 Å². The Hall–Kier alpha value is -2.51. The van der Waals surface area contributed by atoms with E-state index in [9.17, 15) is 0 Å². The van der Waals surface area contributed by atoms with Crippen molar-refractivity contribution in [2.75, 3.05) is 6.26 Å². The fourth-order valence-electron chi connectivity index (χ4n) is 2.89. The van der Waals surface area contributed by atoms with Crippen molar-refractivity contribution in [2.45, 2.75) is 25.7 Å². The quantitative estimate of drug-likeness (QED) is 0.495. The van der Waals surface area contributed by atoms with Crippen LogP contribution in [0.3, 0.4) is 0 Å². The van der Waals surface area contributed by atoms with Gasteiger partial charge in [0.25, 0.3) is 0 Å². The summed E-state index contributed by atoms with van der Waals surface area (Å²) in [5, 5.41) is 2.27. The van der Waals surface area contributed by atoms with Crippen LogP contribution in [-0.4, -0.2) is 17.6 Å². The number of thioether (sulfide) groups is 1. The molecule has 2 aromatic rings. The monoisotopic (exact) mass is 347 g/mol. The highest BCUT2D eigenvalue weighted by Crippen LogP contribution is 2.31. The molecule has 3 nitrogen and oxygen atoms in total. The number of pyridine rings is 1. The highest BCUT2D eigenvalue weighted by Gasteiger charge is 2.08. The Balaban J connectivity index is 2.05. The summed E-state index contributed by atoms with van der Waals surface area (Å²) < 4.78 is 0. The van der Waals surface area contributed by atoms with Crippen LogP contribution >= 0.6 is 11.8 Å². The molecule has 2 N–H and O–H groups in total. The molecule has 0 unspecified atom stereocenters. The van der Waals surface area contributed by atoms with Crippen molar-refractivity contribution >= 4 is 33.8 Å². The zero-order chi connectivity index (χ0) is 17.5. The van der Waals surface area contributed by atoms with Gasteiger partial charge < -0.3 is 5.73 Å². The van der Waals surface area contributed by atoms with Gasteiger partial charge in [-0.2, -0.15) is 0 Å². The van der Waals surface area contributed by atoms with E-state index >= 15 is 0 Å². The molecule has 25 heavy (non-hydrogen) atoms. The molecular formula is C21H21N3S. The molecule has 1 aliphatic carbocycles. The fraction of sp³-hybridized carbons (Fsp3) is 0.238. The van der Waals surface area contributed by atoms with Gasteiger partial charge >= 0.3 is 0 Å². The average molecular weight is 347 g/mol. The number of nitrogens with two attached hydrogens (primary N) is 1. The van der Waals surface area contributed by atoms with Gasteiger partial charge in [-0.1, -0.05) is 24.1 Å². The minimum Gasteiger partial charge on any atom is -0.390 e. The Labute approximate surface area is 153 Å². The van der Waals surface area contributed by atoms with Gasteiger partial charge in [-0.15, -0.1) is 11.8 Å². The van der Waals surface area contributed by atoms with Crippen molar-refractivity contribution in [3.8, 4) is 11.8 Å². The first-order valence-electron chi connectivity index (χ1n) is 8.39. The fourth-order valence-corrected chi connectivity index (χ4v) is 3.55. The maximum Gasteiger partial charge on any atom is 0.129 e. The van der Waals surface area contributed by atoms with Gasteiger partial charge in [0.2, 0.25) is 0 Å². The number of aromatic nitrogens is 1. The van der Waals surface area contributed by atoms with Crippen LogP contribution in [0.1, 0.15) is 31.2 Å². The van der Waals surface area contributed by atoms with Crippen LogP contribution in [0, 0.1) is 11.8 Å². The van der Waals surface area contributed by atoms with Gasteiger partial charge in [-0.05, 0) is 66.5 Å². The van der Waals surface area contributed by atoms with Crippen molar-refractivity contribution in [1.82, 2.24) is 4.98 Å². The highest BCUT2D eigenvalue weighted by molar-refractivity contribution is 8.07. The molecule has 1 aromatic heterocycles. The van der Waals surface area contributed by atoms with E-state index in [1.165, 1.54) is 24.8 Å². The Bertz CT molecular complexity index is 913. The maximum absolute atomic E-state index is 5.57. The van der Waals surface area contributed by atoms with Crippen molar-refractivity contribution in [3.05, 3.63) is 59.6 Å². The van der Waals surface area contributed by atoms with Crippen LogP contribution in [0.2, 0.25) is 0 Å². The first kappa shape index (κ1) is 17.3. The third-order valence-electron chi connectivity index (χ3n) is 4.16. The summed E-state index contributed by atoms with van der Waals surface area (Å²) in [6.45, 7) is 0. The minimum absolute atomic E-state index is 0.717. The lowest BCUT2D eigenvalue weighted by Gasteiger charge is -2.08. The topological polar surface area (TPSA) is 51.3 Å². The van der Waals surface area contributed by atoms with E-state index in [4.69, 9.17) is 5.73 Å². The van der Waals surface area contributed by atoms with Crippen molar-refractivity contribution in [2.24, 2.45) is 10.7 Å². The van der Waals surface area contributed by atoms with Crippen LogP contribution < -0.4 is 5.73 Å². The second-order valence-corrected chi connectivity index (χ2v) is 6.64. The third-order valence-corrected chi connectivity index (χ3v) is 5.00. The summed E-state index contributed by atoms with van der Waals surface area (Å²) >= 11 is 1.64. The Morgan fingerprint density at radius 2 is 2.20 bits per heavy atom. The molecule has 4 heteroatoms. The van der Waals surface area contributed by atoms with Crippen LogP contribution in [0.15, 0.2) is 59.0 Å². The molecule has 0 atom stereocenters. The third kappa shape index (κ3) is 4.32. The molecule has 3 rings (SSSR count). The largest absolute Gasteiger partial charge is 0.390 e. The van der Waals surface area contributed by atoms with Crippen molar-refractivity contribution < 1.29 is 0 Å². The smallest absolute Gasteiger partial charge is 0.129 e. The molecule has 1 aliphatic rings.